The lowest BCUT2D eigenvalue weighted by atomic mass is 10.5. The van der Waals surface area contributed by atoms with E-state index in [1.165, 1.54) is 10.4 Å². The van der Waals surface area contributed by atoms with Gasteiger partial charge < -0.3 is 9.32 Å². The lowest BCUT2D eigenvalue weighted by Crippen LogP contribution is -2.33. The van der Waals surface area contributed by atoms with Crippen LogP contribution in [0.1, 0.15) is 5.76 Å². The molecule has 0 unspecified atom stereocenters. The largest absolute Gasteiger partial charge is 0.452 e. The van der Waals surface area contributed by atoms with Gasteiger partial charge >= 0.3 is 0 Å². The lowest BCUT2D eigenvalue weighted by molar-refractivity contribution is 0.358. The molecule has 0 radical (unpaired) electrons. The van der Waals surface area contributed by atoms with Gasteiger partial charge in [-0.05, 0) is 30.0 Å². The smallest absolute Gasteiger partial charge is 0.247 e. The Kier molecular flexibility index (Phi) is 5.67. The van der Waals surface area contributed by atoms with Crippen LogP contribution in [0, 0.1) is 0 Å². The van der Waals surface area contributed by atoms with Crippen LogP contribution in [0.25, 0.3) is 0 Å². The van der Waals surface area contributed by atoms with E-state index in [1.807, 2.05) is 19.0 Å². The van der Waals surface area contributed by atoms with E-state index in [0.717, 1.165) is 0 Å². The number of nitrogens with zero attached hydrogens (tertiary/aromatic N) is 2. The summed E-state index contributed by atoms with van der Waals surface area (Å²) in [7, 11) is 1.77. The minimum Gasteiger partial charge on any atom is -0.452 e. The number of furan rings is 1. The summed E-state index contributed by atoms with van der Waals surface area (Å²) in [6.07, 6.45) is 0. The number of hydrogen-bond acceptors (Lipinski definition) is 4. The maximum Gasteiger partial charge on any atom is 0.247 e. The van der Waals surface area contributed by atoms with E-state index >= 15 is 0 Å². The van der Waals surface area contributed by atoms with Crippen LogP contribution in [0.3, 0.4) is 0 Å². The first-order chi connectivity index (χ1) is 8.28. The topological polar surface area (TPSA) is 53.8 Å². The van der Waals surface area contributed by atoms with Crippen LogP contribution in [0.15, 0.2) is 20.0 Å². The third-order valence-corrected chi connectivity index (χ3v) is 5.37. The molecule has 104 valence electrons. The molecule has 0 fully saturated rings. The Morgan fingerprint density at radius 2 is 1.94 bits per heavy atom. The summed E-state index contributed by atoms with van der Waals surface area (Å²) in [6.45, 7) is 1.05. The van der Waals surface area contributed by atoms with Crippen molar-refractivity contribution in [3.63, 3.8) is 0 Å². The van der Waals surface area contributed by atoms with Crippen molar-refractivity contribution in [1.82, 2.24) is 9.21 Å². The maximum atomic E-state index is 12.3. The molecule has 1 heterocycles. The van der Waals surface area contributed by atoms with Gasteiger partial charge in [0.25, 0.3) is 0 Å². The Morgan fingerprint density at radius 1 is 1.33 bits per heavy atom. The lowest BCUT2D eigenvalue weighted by Gasteiger charge is -2.18. The van der Waals surface area contributed by atoms with Gasteiger partial charge in [0.2, 0.25) is 10.0 Å². The second-order valence-electron chi connectivity index (χ2n) is 4.11. The maximum absolute atomic E-state index is 12.3. The third kappa shape index (κ3) is 3.71. The molecule has 1 rings (SSSR count). The summed E-state index contributed by atoms with van der Waals surface area (Å²) in [5, 5.41) is 0. The summed E-state index contributed by atoms with van der Waals surface area (Å²) in [5.74, 6) is 0.554. The first kappa shape index (κ1) is 16.0. The molecule has 0 aliphatic rings. The van der Waals surface area contributed by atoms with Crippen LogP contribution in [0.2, 0.25) is 0 Å². The molecule has 0 amide bonds. The first-order valence-electron chi connectivity index (χ1n) is 5.24. The Labute approximate surface area is 121 Å². The Hall–Kier alpha value is -0.0800. The van der Waals surface area contributed by atoms with Crippen molar-refractivity contribution in [3.8, 4) is 0 Å². The Morgan fingerprint density at radius 3 is 2.39 bits per heavy atom. The van der Waals surface area contributed by atoms with E-state index in [1.54, 1.807) is 7.05 Å². The summed E-state index contributed by atoms with van der Waals surface area (Å²) < 4.78 is 31.2. The van der Waals surface area contributed by atoms with Crippen molar-refractivity contribution in [2.45, 2.75) is 10.8 Å². The van der Waals surface area contributed by atoms with Gasteiger partial charge in [0.1, 0.15) is 10.7 Å². The molecule has 1 aromatic rings. The Bertz CT molecular complexity index is 501. The van der Waals surface area contributed by atoms with E-state index in [0.29, 0.717) is 18.8 Å². The van der Waals surface area contributed by atoms with Crippen LogP contribution in [-0.2, 0) is 15.9 Å². The molecular formula is C10H16BrClN2O3S. The van der Waals surface area contributed by atoms with Gasteiger partial charge in [-0.15, -0.1) is 11.6 Å². The standard InChI is InChI=1S/C10H16BrClN2O3S/c1-13(2)4-5-14(3)18(15,16)9-6-8(7-12)17-10(9)11/h6H,4-5,7H2,1-3H3. The highest BCUT2D eigenvalue weighted by molar-refractivity contribution is 9.10. The fourth-order valence-electron chi connectivity index (χ4n) is 1.27. The van der Waals surface area contributed by atoms with Gasteiger partial charge in [-0.2, -0.15) is 4.31 Å². The second-order valence-corrected chi connectivity index (χ2v) is 7.11. The SMILES string of the molecule is CN(C)CCN(C)S(=O)(=O)c1cc(CCl)oc1Br. The second kappa shape index (κ2) is 6.38. The summed E-state index contributed by atoms with van der Waals surface area (Å²) in [5.41, 5.74) is 0. The fourth-order valence-corrected chi connectivity index (χ4v) is 3.52. The van der Waals surface area contributed by atoms with Crippen molar-refractivity contribution in [2.24, 2.45) is 0 Å². The van der Waals surface area contributed by atoms with Crippen molar-refractivity contribution < 1.29 is 12.8 Å². The average Bonchev–Trinajstić information content (AvgIpc) is 2.67. The summed E-state index contributed by atoms with van der Waals surface area (Å²) in [6, 6.07) is 1.44. The molecule has 5 nitrogen and oxygen atoms in total. The predicted octanol–water partition coefficient (Wildman–Crippen LogP) is 1.96. The first-order valence-corrected chi connectivity index (χ1v) is 8.01. The third-order valence-electron chi connectivity index (χ3n) is 2.39. The highest BCUT2D eigenvalue weighted by atomic mass is 79.9. The molecule has 8 heteroatoms. The van der Waals surface area contributed by atoms with Gasteiger partial charge in [0, 0.05) is 26.2 Å². The van der Waals surface area contributed by atoms with E-state index in [4.69, 9.17) is 16.0 Å². The average molecular weight is 360 g/mol. The Balaban J connectivity index is 2.94. The van der Waals surface area contributed by atoms with Crippen LogP contribution < -0.4 is 0 Å². The zero-order valence-corrected chi connectivity index (χ0v) is 13.6. The van der Waals surface area contributed by atoms with Crippen LogP contribution in [-0.4, -0.2) is 51.9 Å². The molecule has 0 saturated heterocycles. The van der Waals surface area contributed by atoms with Crippen LogP contribution >= 0.6 is 27.5 Å². The molecule has 0 aliphatic carbocycles. The highest BCUT2D eigenvalue weighted by Crippen LogP contribution is 2.28. The van der Waals surface area contributed by atoms with Crippen LogP contribution in [0.4, 0.5) is 0 Å². The molecule has 0 bridgehead atoms. The van der Waals surface area contributed by atoms with Crippen molar-refractivity contribution >= 4 is 37.6 Å². The fraction of sp³-hybridized carbons (Fsp3) is 0.600. The quantitative estimate of drug-likeness (QED) is 0.729. The molecule has 0 N–H and O–H groups in total. The number of sulfonamides is 1. The summed E-state index contributed by atoms with van der Waals surface area (Å²) in [4.78, 5) is 2.03. The van der Waals surface area contributed by atoms with Gasteiger partial charge in [0.05, 0.1) is 5.88 Å². The highest BCUT2D eigenvalue weighted by Gasteiger charge is 2.26. The van der Waals surface area contributed by atoms with E-state index in [2.05, 4.69) is 15.9 Å². The minimum atomic E-state index is -3.55. The summed E-state index contributed by atoms with van der Waals surface area (Å²) >= 11 is 8.72. The van der Waals surface area contributed by atoms with E-state index in [-0.39, 0.29) is 15.4 Å². The van der Waals surface area contributed by atoms with Crippen LogP contribution in [0.5, 0.6) is 0 Å². The van der Waals surface area contributed by atoms with Crippen molar-refractivity contribution in [1.29, 1.82) is 0 Å². The molecular weight excluding hydrogens is 344 g/mol. The van der Waals surface area contributed by atoms with Gasteiger partial charge in [-0.1, -0.05) is 0 Å². The predicted molar refractivity (Wildman–Crippen MR) is 74.3 cm³/mol. The minimum absolute atomic E-state index is 0.111. The molecule has 0 spiro atoms. The van der Waals surface area contributed by atoms with Crippen molar-refractivity contribution in [3.05, 3.63) is 16.5 Å². The normalized spacial score (nSPS) is 12.6. The number of halogens is 2. The zero-order chi connectivity index (χ0) is 13.9. The molecule has 18 heavy (non-hydrogen) atoms. The number of likely N-dealkylation sites (N-methyl/N-ethyl adjacent to an activating group) is 2. The van der Waals surface area contributed by atoms with Gasteiger partial charge in [0.15, 0.2) is 4.67 Å². The van der Waals surface area contributed by atoms with E-state index < -0.39 is 10.0 Å². The molecule has 0 atom stereocenters. The molecule has 0 aromatic carbocycles. The van der Waals surface area contributed by atoms with Crippen molar-refractivity contribution in [2.75, 3.05) is 34.2 Å². The van der Waals surface area contributed by atoms with Gasteiger partial charge in [-0.3, -0.25) is 0 Å². The molecule has 0 aliphatic heterocycles. The zero-order valence-electron chi connectivity index (χ0n) is 10.5. The monoisotopic (exact) mass is 358 g/mol. The van der Waals surface area contributed by atoms with E-state index in [9.17, 15) is 8.42 Å². The molecule has 0 saturated carbocycles. The molecule has 1 aromatic heterocycles. The number of rotatable bonds is 6. The number of hydrogen-bond donors (Lipinski definition) is 0. The number of alkyl halides is 1. The van der Waals surface area contributed by atoms with Gasteiger partial charge in [-0.25, -0.2) is 8.42 Å².